The van der Waals surface area contributed by atoms with Crippen molar-refractivity contribution in [2.45, 2.75) is 39.5 Å². The van der Waals surface area contributed by atoms with Crippen molar-refractivity contribution in [1.29, 1.82) is 0 Å². The molecule has 3 heterocycles. The number of aryl methyl sites for hydroxylation is 1. The van der Waals surface area contributed by atoms with Gasteiger partial charge in [0.15, 0.2) is 5.78 Å². The highest BCUT2D eigenvalue weighted by atomic mass is 16.2. The van der Waals surface area contributed by atoms with Gasteiger partial charge in [0.05, 0.1) is 0 Å². The van der Waals surface area contributed by atoms with Gasteiger partial charge in [-0.05, 0) is 54.7 Å². The van der Waals surface area contributed by atoms with Gasteiger partial charge in [0.1, 0.15) is 5.82 Å². The van der Waals surface area contributed by atoms with E-state index in [0.29, 0.717) is 23.4 Å². The van der Waals surface area contributed by atoms with Crippen LogP contribution in [0.5, 0.6) is 0 Å². The maximum absolute atomic E-state index is 13.8. The number of hydrogen-bond acceptors (Lipinski definition) is 4. The molecule has 2 aliphatic rings. The van der Waals surface area contributed by atoms with Crippen LogP contribution in [0, 0.1) is 5.41 Å². The van der Waals surface area contributed by atoms with Gasteiger partial charge in [-0.15, -0.1) is 0 Å². The number of allylic oxidation sites excluding steroid dienone is 3. The van der Waals surface area contributed by atoms with Crippen molar-refractivity contribution >= 4 is 39.3 Å². The number of dihydropyridines is 1. The molecule has 6 rings (SSSR count). The van der Waals surface area contributed by atoms with Crippen LogP contribution in [0.1, 0.15) is 45.1 Å². The first-order chi connectivity index (χ1) is 17.7. The van der Waals surface area contributed by atoms with Crippen LogP contribution in [0.2, 0.25) is 0 Å². The SMILES string of the molecule is CC1=C(C(=O)Nc2ccccn2)[C@H](c2ccc3c(c2)c2ccccc2n3C)C2=C(CC(C)(C)CC2=O)N1. The average Bonchev–Trinajstić information content (AvgIpc) is 3.14. The summed E-state index contributed by atoms with van der Waals surface area (Å²) >= 11 is 0. The number of hydrogen-bond donors (Lipinski definition) is 2. The van der Waals surface area contributed by atoms with Gasteiger partial charge >= 0.3 is 0 Å². The van der Waals surface area contributed by atoms with Crippen LogP contribution in [0.3, 0.4) is 0 Å². The molecule has 186 valence electrons. The van der Waals surface area contributed by atoms with Crippen molar-refractivity contribution in [3.05, 3.63) is 95.0 Å². The standard InChI is InChI=1S/C31H30N4O2/c1-18-27(30(37)34-26-11-7-8-14-32-26)28(29-22(33-18)16-31(2,3)17-25(29)36)19-12-13-24-21(15-19)20-9-5-6-10-23(20)35(24)4/h5-15,28,33H,16-17H2,1-4H3,(H,32,34,37)/t28-/m0/s1. The lowest BCUT2D eigenvalue weighted by molar-refractivity contribution is -0.118. The van der Waals surface area contributed by atoms with E-state index in [9.17, 15) is 9.59 Å². The van der Waals surface area contributed by atoms with Gasteiger partial charge in [-0.2, -0.15) is 0 Å². The Morgan fingerprint density at radius 1 is 1.03 bits per heavy atom. The third-order valence-electron chi connectivity index (χ3n) is 7.66. The molecular weight excluding hydrogens is 460 g/mol. The average molecular weight is 491 g/mol. The number of aromatic nitrogens is 2. The summed E-state index contributed by atoms with van der Waals surface area (Å²) in [5, 5.41) is 8.67. The molecule has 1 atom stereocenters. The maximum Gasteiger partial charge on any atom is 0.255 e. The predicted molar refractivity (Wildman–Crippen MR) is 147 cm³/mol. The minimum Gasteiger partial charge on any atom is -0.362 e. The van der Waals surface area contributed by atoms with Crippen LogP contribution in [0.15, 0.2) is 89.4 Å². The first kappa shape index (κ1) is 23.2. The lowest BCUT2D eigenvalue weighted by atomic mass is 9.68. The van der Waals surface area contributed by atoms with Gasteiger partial charge in [-0.1, -0.05) is 44.2 Å². The van der Waals surface area contributed by atoms with Gasteiger partial charge in [0.25, 0.3) is 5.91 Å². The molecule has 0 unspecified atom stereocenters. The molecule has 4 aromatic rings. The predicted octanol–water partition coefficient (Wildman–Crippen LogP) is 5.97. The Balaban J connectivity index is 1.54. The number of nitrogens with zero attached hydrogens (tertiary/aromatic N) is 2. The molecule has 2 aromatic carbocycles. The molecule has 1 aliphatic carbocycles. The fourth-order valence-electron chi connectivity index (χ4n) is 6.06. The van der Waals surface area contributed by atoms with Gasteiger partial charge in [0.2, 0.25) is 0 Å². The van der Waals surface area contributed by atoms with E-state index in [1.54, 1.807) is 12.3 Å². The molecule has 0 radical (unpaired) electrons. The van der Waals surface area contributed by atoms with Crippen molar-refractivity contribution in [2.24, 2.45) is 12.5 Å². The normalized spacial score (nSPS) is 19.2. The number of carbonyl (C=O) groups excluding carboxylic acids is 2. The van der Waals surface area contributed by atoms with Crippen LogP contribution in [0.4, 0.5) is 5.82 Å². The Morgan fingerprint density at radius 3 is 2.57 bits per heavy atom. The Labute approximate surface area is 216 Å². The second-order valence-electron chi connectivity index (χ2n) is 11.0. The maximum atomic E-state index is 13.8. The molecule has 0 saturated carbocycles. The van der Waals surface area contributed by atoms with Crippen molar-refractivity contribution in [2.75, 3.05) is 5.32 Å². The molecule has 6 nitrogen and oxygen atoms in total. The summed E-state index contributed by atoms with van der Waals surface area (Å²) in [5.41, 5.74) is 6.02. The number of carbonyl (C=O) groups is 2. The van der Waals surface area contributed by atoms with E-state index in [0.717, 1.165) is 45.2 Å². The summed E-state index contributed by atoms with van der Waals surface area (Å²) in [5.74, 6) is -0.146. The van der Waals surface area contributed by atoms with Crippen molar-refractivity contribution in [1.82, 2.24) is 14.9 Å². The van der Waals surface area contributed by atoms with Crippen LogP contribution in [0.25, 0.3) is 21.8 Å². The molecule has 0 bridgehead atoms. The summed E-state index contributed by atoms with van der Waals surface area (Å²) in [6, 6.07) is 20.1. The zero-order valence-corrected chi connectivity index (χ0v) is 21.6. The van der Waals surface area contributed by atoms with E-state index in [-0.39, 0.29) is 17.1 Å². The van der Waals surface area contributed by atoms with Crippen LogP contribution in [-0.4, -0.2) is 21.2 Å². The van der Waals surface area contributed by atoms with Crippen molar-refractivity contribution < 1.29 is 9.59 Å². The quantitative estimate of drug-likeness (QED) is 0.371. The summed E-state index contributed by atoms with van der Waals surface area (Å²) in [7, 11) is 2.07. The van der Waals surface area contributed by atoms with E-state index < -0.39 is 5.92 Å². The summed E-state index contributed by atoms with van der Waals surface area (Å²) in [6.07, 6.45) is 2.86. The Bertz CT molecular complexity index is 1660. The smallest absolute Gasteiger partial charge is 0.255 e. The topological polar surface area (TPSA) is 76.0 Å². The molecule has 2 N–H and O–H groups in total. The molecule has 0 saturated heterocycles. The Hall–Kier alpha value is -4.19. The highest BCUT2D eigenvalue weighted by molar-refractivity contribution is 6.11. The number of ketones is 1. The number of rotatable bonds is 3. The van der Waals surface area contributed by atoms with E-state index in [2.05, 4.69) is 71.4 Å². The number of amides is 1. The number of benzene rings is 2. The molecular formula is C31H30N4O2. The summed E-state index contributed by atoms with van der Waals surface area (Å²) in [6.45, 7) is 6.17. The number of para-hydroxylation sites is 1. The molecule has 0 fully saturated rings. The summed E-state index contributed by atoms with van der Waals surface area (Å²) < 4.78 is 2.19. The Kier molecular flexibility index (Phi) is 5.30. The number of nitrogens with one attached hydrogen (secondary N) is 2. The number of pyridine rings is 1. The second-order valence-corrected chi connectivity index (χ2v) is 11.0. The number of fused-ring (bicyclic) bond motifs is 3. The molecule has 2 aromatic heterocycles. The largest absolute Gasteiger partial charge is 0.362 e. The van der Waals surface area contributed by atoms with Crippen LogP contribution >= 0.6 is 0 Å². The lowest BCUT2D eigenvalue weighted by Crippen LogP contribution is -2.39. The third kappa shape index (κ3) is 3.84. The monoisotopic (exact) mass is 490 g/mol. The molecule has 0 spiro atoms. The molecule has 1 amide bonds. The number of anilines is 1. The number of Topliss-reactive ketones (excluding diaryl/α,β-unsaturated/α-hetero) is 1. The Morgan fingerprint density at radius 2 is 1.78 bits per heavy atom. The third-order valence-corrected chi connectivity index (χ3v) is 7.66. The first-order valence-electron chi connectivity index (χ1n) is 12.7. The highest BCUT2D eigenvalue weighted by Crippen LogP contribution is 2.47. The molecule has 1 aliphatic heterocycles. The fraction of sp³-hybridized carbons (Fsp3) is 0.258. The summed E-state index contributed by atoms with van der Waals surface area (Å²) in [4.78, 5) is 31.7. The van der Waals surface area contributed by atoms with Gasteiger partial charge in [-0.25, -0.2) is 4.98 Å². The second kappa shape index (κ2) is 8.44. The van der Waals surface area contributed by atoms with E-state index in [1.807, 2.05) is 31.2 Å². The van der Waals surface area contributed by atoms with E-state index in [1.165, 1.54) is 0 Å². The highest BCUT2D eigenvalue weighted by Gasteiger charge is 2.42. The van der Waals surface area contributed by atoms with Crippen molar-refractivity contribution in [3.8, 4) is 0 Å². The lowest BCUT2D eigenvalue weighted by Gasteiger charge is -2.39. The first-order valence-corrected chi connectivity index (χ1v) is 12.7. The van der Waals surface area contributed by atoms with Gasteiger partial charge in [0, 0.05) is 69.9 Å². The van der Waals surface area contributed by atoms with Crippen LogP contribution < -0.4 is 10.6 Å². The minimum atomic E-state index is -0.466. The van der Waals surface area contributed by atoms with Gasteiger partial charge < -0.3 is 15.2 Å². The zero-order chi connectivity index (χ0) is 25.9. The molecule has 6 heteroatoms. The van der Waals surface area contributed by atoms with E-state index >= 15 is 0 Å². The minimum absolute atomic E-state index is 0.0948. The van der Waals surface area contributed by atoms with E-state index in [4.69, 9.17) is 0 Å². The zero-order valence-electron chi connectivity index (χ0n) is 21.6. The fourth-order valence-corrected chi connectivity index (χ4v) is 6.06. The molecule has 37 heavy (non-hydrogen) atoms. The van der Waals surface area contributed by atoms with Crippen molar-refractivity contribution in [3.63, 3.8) is 0 Å². The van der Waals surface area contributed by atoms with Crippen LogP contribution in [-0.2, 0) is 16.6 Å². The van der Waals surface area contributed by atoms with Gasteiger partial charge in [-0.3, -0.25) is 9.59 Å².